The summed E-state index contributed by atoms with van der Waals surface area (Å²) in [6.45, 7) is 2.27. The molecule has 0 aromatic carbocycles. The summed E-state index contributed by atoms with van der Waals surface area (Å²) in [6.07, 6.45) is 5.76. The Labute approximate surface area is 54.3 Å². The topological polar surface area (TPSA) is 0 Å². The van der Waals surface area contributed by atoms with Gasteiger partial charge in [0.15, 0.2) is 0 Å². The lowest BCUT2D eigenvalue weighted by molar-refractivity contribution is 0.307. The third-order valence-corrected chi connectivity index (χ3v) is 3.01. The summed E-state index contributed by atoms with van der Waals surface area (Å²) in [4.78, 5) is 0. The molecule has 0 nitrogen and oxygen atoms in total. The van der Waals surface area contributed by atoms with E-state index in [-0.39, 0.29) is 0 Å². The van der Waals surface area contributed by atoms with E-state index in [1.165, 1.54) is 25.7 Å². The predicted octanol–water partition coefficient (Wildman–Crippen LogP) is 2.44. The maximum atomic E-state index is 2.93. The Hall–Kier alpha value is 0.430. The summed E-state index contributed by atoms with van der Waals surface area (Å²) in [7, 11) is 2.93. The van der Waals surface area contributed by atoms with Crippen molar-refractivity contribution in [2.24, 2.45) is 5.92 Å². The standard InChI is InChI=1S/C7H15P/c1-2-3-6-4-5-7(6)8/h6-7H,2-5,8H2,1H3. The molecule has 1 saturated carbocycles. The average Bonchev–Trinajstić information content (AvgIpc) is 1.79. The smallest absolute Gasteiger partial charge is 0.0236 e. The van der Waals surface area contributed by atoms with Crippen LogP contribution in [0.25, 0.3) is 0 Å². The summed E-state index contributed by atoms with van der Waals surface area (Å²) in [5.74, 6) is 1.06. The maximum Gasteiger partial charge on any atom is -0.0236 e. The zero-order chi connectivity index (χ0) is 5.98. The number of hydrogen-bond acceptors (Lipinski definition) is 0. The Kier molecular flexibility index (Phi) is 2.31. The second-order valence-electron chi connectivity index (χ2n) is 2.79. The Morgan fingerprint density at radius 3 is 2.38 bits per heavy atom. The van der Waals surface area contributed by atoms with Crippen LogP contribution in [0.2, 0.25) is 0 Å². The van der Waals surface area contributed by atoms with Crippen LogP contribution in [0.4, 0.5) is 0 Å². The van der Waals surface area contributed by atoms with E-state index in [0.29, 0.717) is 0 Å². The predicted molar refractivity (Wildman–Crippen MR) is 41.1 cm³/mol. The lowest BCUT2D eigenvalue weighted by Gasteiger charge is -2.33. The van der Waals surface area contributed by atoms with E-state index in [4.69, 9.17) is 0 Å². The van der Waals surface area contributed by atoms with Gasteiger partial charge in [-0.1, -0.05) is 19.8 Å². The van der Waals surface area contributed by atoms with E-state index in [2.05, 4.69) is 16.2 Å². The van der Waals surface area contributed by atoms with E-state index >= 15 is 0 Å². The van der Waals surface area contributed by atoms with Gasteiger partial charge < -0.3 is 0 Å². The zero-order valence-corrected chi connectivity index (χ0v) is 6.72. The fourth-order valence-corrected chi connectivity index (χ4v) is 1.90. The third-order valence-electron chi connectivity index (χ3n) is 2.14. The lowest BCUT2D eigenvalue weighted by atomic mass is 9.81. The Bertz CT molecular complexity index is 70.8. The molecule has 48 valence electrons. The molecule has 0 spiro atoms. The minimum atomic E-state index is 0.968. The van der Waals surface area contributed by atoms with Gasteiger partial charge in [0.05, 0.1) is 0 Å². The lowest BCUT2D eigenvalue weighted by Crippen LogP contribution is -2.25. The molecule has 0 aromatic rings. The van der Waals surface area contributed by atoms with Gasteiger partial charge in [-0.3, -0.25) is 0 Å². The first kappa shape index (κ1) is 6.55. The van der Waals surface area contributed by atoms with Crippen molar-refractivity contribution in [3.8, 4) is 0 Å². The van der Waals surface area contributed by atoms with Gasteiger partial charge in [-0.2, -0.15) is 0 Å². The van der Waals surface area contributed by atoms with E-state index < -0.39 is 0 Å². The molecule has 8 heavy (non-hydrogen) atoms. The van der Waals surface area contributed by atoms with Gasteiger partial charge in [0.25, 0.3) is 0 Å². The zero-order valence-electron chi connectivity index (χ0n) is 5.56. The molecule has 3 unspecified atom stereocenters. The Morgan fingerprint density at radius 2 is 2.25 bits per heavy atom. The first-order valence-corrected chi connectivity index (χ1v) is 4.27. The van der Waals surface area contributed by atoms with Crippen molar-refractivity contribution in [2.45, 2.75) is 38.3 Å². The monoisotopic (exact) mass is 130 g/mol. The van der Waals surface area contributed by atoms with Gasteiger partial charge in [-0.25, -0.2) is 0 Å². The molecule has 1 aliphatic rings. The van der Waals surface area contributed by atoms with Crippen LogP contribution < -0.4 is 0 Å². The first-order valence-electron chi connectivity index (χ1n) is 3.60. The highest BCUT2D eigenvalue weighted by Crippen LogP contribution is 2.36. The SMILES string of the molecule is CCCC1CCC1P. The molecular weight excluding hydrogens is 115 g/mol. The summed E-state index contributed by atoms with van der Waals surface area (Å²) in [6, 6.07) is 0. The van der Waals surface area contributed by atoms with Crippen LogP contribution in [-0.4, -0.2) is 5.66 Å². The molecule has 0 radical (unpaired) electrons. The maximum absolute atomic E-state index is 2.93. The third kappa shape index (κ3) is 1.23. The van der Waals surface area contributed by atoms with Crippen molar-refractivity contribution in [1.29, 1.82) is 0 Å². The molecule has 1 fully saturated rings. The molecule has 1 aliphatic carbocycles. The normalized spacial score (nSPS) is 36.8. The van der Waals surface area contributed by atoms with Gasteiger partial charge in [-0.15, -0.1) is 9.24 Å². The van der Waals surface area contributed by atoms with Crippen LogP contribution >= 0.6 is 9.24 Å². The quantitative estimate of drug-likeness (QED) is 0.503. The van der Waals surface area contributed by atoms with Gasteiger partial charge in [-0.05, 0) is 24.4 Å². The summed E-state index contributed by atoms with van der Waals surface area (Å²) in [5, 5.41) is 0. The molecule has 1 rings (SSSR count). The Balaban J connectivity index is 2.08. The van der Waals surface area contributed by atoms with Crippen LogP contribution in [0.3, 0.4) is 0 Å². The Morgan fingerprint density at radius 1 is 1.50 bits per heavy atom. The van der Waals surface area contributed by atoms with E-state index in [9.17, 15) is 0 Å². The van der Waals surface area contributed by atoms with Gasteiger partial charge in [0.2, 0.25) is 0 Å². The number of rotatable bonds is 2. The molecule has 3 atom stereocenters. The minimum absolute atomic E-state index is 0.968. The molecule has 1 heteroatoms. The van der Waals surface area contributed by atoms with Crippen LogP contribution in [0.5, 0.6) is 0 Å². The van der Waals surface area contributed by atoms with Crippen LogP contribution in [0, 0.1) is 5.92 Å². The van der Waals surface area contributed by atoms with Gasteiger partial charge in [0, 0.05) is 0 Å². The van der Waals surface area contributed by atoms with Crippen LogP contribution in [0.15, 0.2) is 0 Å². The van der Waals surface area contributed by atoms with Crippen molar-refractivity contribution in [3.63, 3.8) is 0 Å². The average molecular weight is 130 g/mol. The second kappa shape index (κ2) is 2.82. The summed E-state index contributed by atoms with van der Waals surface area (Å²) >= 11 is 0. The highest BCUT2D eigenvalue weighted by molar-refractivity contribution is 7.17. The molecule has 0 saturated heterocycles. The van der Waals surface area contributed by atoms with Crippen molar-refractivity contribution >= 4 is 9.24 Å². The van der Waals surface area contributed by atoms with Crippen molar-refractivity contribution in [2.75, 3.05) is 0 Å². The largest absolute Gasteiger partial charge is 0.134 e. The van der Waals surface area contributed by atoms with Crippen LogP contribution in [-0.2, 0) is 0 Å². The highest BCUT2D eigenvalue weighted by atomic mass is 31.0. The van der Waals surface area contributed by atoms with Gasteiger partial charge in [0.1, 0.15) is 0 Å². The fraction of sp³-hybridized carbons (Fsp3) is 1.00. The molecule has 0 bridgehead atoms. The molecule has 0 heterocycles. The van der Waals surface area contributed by atoms with E-state index in [0.717, 1.165) is 11.6 Å². The molecule has 0 amide bonds. The van der Waals surface area contributed by atoms with Crippen molar-refractivity contribution < 1.29 is 0 Å². The van der Waals surface area contributed by atoms with E-state index in [1.807, 2.05) is 0 Å². The van der Waals surface area contributed by atoms with Crippen LogP contribution in [0.1, 0.15) is 32.6 Å². The van der Waals surface area contributed by atoms with Gasteiger partial charge >= 0.3 is 0 Å². The van der Waals surface area contributed by atoms with E-state index in [1.54, 1.807) is 0 Å². The second-order valence-corrected chi connectivity index (χ2v) is 3.65. The van der Waals surface area contributed by atoms with Crippen molar-refractivity contribution in [1.82, 2.24) is 0 Å². The molecule has 0 aliphatic heterocycles. The molecule has 0 N–H and O–H groups in total. The number of hydrogen-bond donors (Lipinski definition) is 0. The van der Waals surface area contributed by atoms with Crippen molar-refractivity contribution in [3.05, 3.63) is 0 Å². The highest BCUT2D eigenvalue weighted by Gasteiger charge is 2.25. The minimum Gasteiger partial charge on any atom is -0.134 e. The fourth-order valence-electron chi connectivity index (χ4n) is 1.32. The first-order chi connectivity index (χ1) is 3.84. The molecule has 0 aromatic heterocycles. The molecular formula is C7H15P. The summed E-state index contributed by atoms with van der Waals surface area (Å²) in [5.41, 5.74) is 0.968. The summed E-state index contributed by atoms with van der Waals surface area (Å²) < 4.78 is 0.